The smallest absolute Gasteiger partial charge is 0.138 e. The van der Waals surface area contributed by atoms with E-state index in [4.69, 9.17) is 4.52 Å². The Kier molecular flexibility index (Phi) is 4.85. The summed E-state index contributed by atoms with van der Waals surface area (Å²) in [7, 11) is 0. The van der Waals surface area contributed by atoms with Crippen LogP contribution in [0.5, 0.6) is 0 Å². The van der Waals surface area contributed by atoms with Gasteiger partial charge in [0.1, 0.15) is 5.76 Å². The number of piperazine rings is 1. The molecular formula is C17H24N4O. The van der Waals surface area contributed by atoms with E-state index in [1.807, 2.05) is 26.2 Å². The molecule has 0 saturated carbocycles. The molecule has 118 valence electrons. The topological polar surface area (TPSA) is 45.4 Å². The number of rotatable bonds is 5. The third-order valence-corrected chi connectivity index (χ3v) is 4.49. The lowest BCUT2D eigenvalue weighted by Crippen LogP contribution is -2.46. The van der Waals surface area contributed by atoms with E-state index in [2.05, 4.69) is 32.1 Å². The zero-order chi connectivity index (χ0) is 15.4. The van der Waals surface area contributed by atoms with Crippen LogP contribution in [0.3, 0.4) is 0 Å². The molecule has 1 saturated heterocycles. The van der Waals surface area contributed by atoms with Crippen molar-refractivity contribution in [1.82, 2.24) is 19.9 Å². The quantitative estimate of drug-likeness (QED) is 0.845. The van der Waals surface area contributed by atoms with Gasteiger partial charge in [-0.3, -0.25) is 9.88 Å². The SMILES string of the molecule is Cc1noc(C)c1CN1CCN(CCc2ccncc2)CC1. The molecular weight excluding hydrogens is 276 g/mol. The maximum absolute atomic E-state index is 5.25. The van der Waals surface area contributed by atoms with E-state index < -0.39 is 0 Å². The van der Waals surface area contributed by atoms with Crippen LogP contribution in [0.4, 0.5) is 0 Å². The minimum atomic E-state index is 0.956. The molecule has 1 fully saturated rings. The predicted octanol–water partition coefficient (Wildman–Crippen LogP) is 2.05. The van der Waals surface area contributed by atoms with Gasteiger partial charge in [-0.2, -0.15) is 0 Å². The van der Waals surface area contributed by atoms with Crippen molar-refractivity contribution < 1.29 is 4.52 Å². The van der Waals surface area contributed by atoms with Gasteiger partial charge in [-0.1, -0.05) is 5.16 Å². The molecule has 0 N–H and O–H groups in total. The van der Waals surface area contributed by atoms with Gasteiger partial charge in [0.05, 0.1) is 5.69 Å². The van der Waals surface area contributed by atoms with E-state index in [-0.39, 0.29) is 0 Å². The maximum atomic E-state index is 5.25. The molecule has 0 aliphatic carbocycles. The molecule has 22 heavy (non-hydrogen) atoms. The first kappa shape index (κ1) is 15.2. The summed E-state index contributed by atoms with van der Waals surface area (Å²) in [4.78, 5) is 9.11. The molecule has 0 radical (unpaired) electrons. The Morgan fingerprint density at radius 1 is 1.05 bits per heavy atom. The highest BCUT2D eigenvalue weighted by Gasteiger charge is 2.19. The van der Waals surface area contributed by atoms with Crippen molar-refractivity contribution >= 4 is 0 Å². The first-order chi connectivity index (χ1) is 10.7. The average molecular weight is 300 g/mol. The first-order valence-electron chi connectivity index (χ1n) is 7.98. The van der Waals surface area contributed by atoms with Gasteiger partial charge in [-0.15, -0.1) is 0 Å². The van der Waals surface area contributed by atoms with Gasteiger partial charge in [-0.05, 0) is 38.0 Å². The second kappa shape index (κ2) is 7.03. The van der Waals surface area contributed by atoms with Gasteiger partial charge in [-0.25, -0.2) is 0 Å². The zero-order valence-electron chi connectivity index (χ0n) is 13.5. The fourth-order valence-corrected chi connectivity index (χ4v) is 2.96. The van der Waals surface area contributed by atoms with Crippen molar-refractivity contribution in [2.45, 2.75) is 26.8 Å². The van der Waals surface area contributed by atoms with E-state index in [1.165, 1.54) is 11.1 Å². The fraction of sp³-hybridized carbons (Fsp3) is 0.529. The second-order valence-corrected chi connectivity index (χ2v) is 6.03. The van der Waals surface area contributed by atoms with Crippen molar-refractivity contribution in [3.63, 3.8) is 0 Å². The summed E-state index contributed by atoms with van der Waals surface area (Å²) >= 11 is 0. The van der Waals surface area contributed by atoms with Gasteiger partial charge in [0.2, 0.25) is 0 Å². The normalized spacial score (nSPS) is 17.0. The Labute approximate surface area is 131 Å². The monoisotopic (exact) mass is 300 g/mol. The molecule has 1 aliphatic rings. The Balaban J connectivity index is 1.44. The second-order valence-electron chi connectivity index (χ2n) is 6.03. The van der Waals surface area contributed by atoms with E-state index in [1.54, 1.807) is 0 Å². The molecule has 2 aromatic heterocycles. The highest BCUT2D eigenvalue weighted by Crippen LogP contribution is 2.16. The van der Waals surface area contributed by atoms with Gasteiger partial charge in [0, 0.05) is 57.2 Å². The van der Waals surface area contributed by atoms with Crippen molar-refractivity contribution in [1.29, 1.82) is 0 Å². The summed E-state index contributed by atoms with van der Waals surface area (Å²) in [5.74, 6) is 0.956. The standard InChI is InChI=1S/C17H24N4O/c1-14-17(15(2)22-19-14)13-21-11-9-20(10-12-21)8-5-16-3-6-18-7-4-16/h3-4,6-7H,5,8-13H2,1-2H3. The van der Waals surface area contributed by atoms with Gasteiger partial charge in [0.25, 0.3) is 0 Å². The van der Waals surface area contributed by atoms with Crippen molar-refractivity contribution in [3.05, 3.63) is 47.1 Å². The lowest BCUT2D eigenvalue weighted by molar-refractivity contribution is 0.127. The molecule has 0 bridgehead atoms. The molecule has 0 unspecified atom stereocenters. The van der Waals surface area contributed by atoms with Crippen LogP contribution in [0, 0.1) is 13.8 Å². The zero-order valence-corrected chi connectivity index (χ0v) is 13.5. The third kappa shape index (κ3) is 3.72. The van der Waals surface area contributed by atoms with Crippen LogP contribution in [0.1, 0.15) is 22.6 Å². The molecule has 1 aliphatic heterocycles. The molecule has 5 nitrogen and oxygen atoms in total. The summed E-state index contributed by atoms with van der Waals surface area (Å²) in [5, 5.41) is 4.04. The number of hydrogen-bond acceptors (Lipinski definition) is 5. The summed E-state index contributed by atoms with van der Waals surface area (Å²) in [6.07, 6.45) is 4.85. The first-order valence-corrected chi connectivity index (χ1v) is 7.98. The van der Waals surface area contributed by atoms with Crippen LogP contribution in [0.15, 0.2) is 29.0 Å². The lowest BCUT2D eigenvalue weighted by atomic mass is 10.1. The highest BCUT2D eigenvalue weighted by atomic mass is 16.5. The van der Waals surface area contributed by atoms with E-state index in [0.717, 1.165) is 57.1 Å². The number of aromatic nitrogens is 2. The minimum absolute atomic E-state index is 0.956. The highest BCUT2D eigenvalue weighted by molar-refractivity contribution is 5.20. The average Bonchev–Trinajstić information content (AvgIpc) is 2.87. The summed E-state index contributed by atoms with van der Waals surface area (Å²) < 4.78 is 5.25. The van der Waals surface area contributed by atoms with Crippen LogP contribution < -0.4 is 0 Å². The van der Waals surface area contributed by atoms with Crippen LogP contribution in [-0.2, 0) is 13.0 Å². The van der Waals surface area contributed by atoms with E-state index >= 15 is 0 Å². The third-order valence-electron chi connectivity index (χ3n) is 4.49. The van der Waals surface area contributed by atoms with Gasteiger partial charge < -0.3 is 9.42 Å². The van der Waals surface area contributed by atoms with Crippen molar-refractivity contribution in [2.24, 2.45) is 0 Å². The Morgan fingerprint density at radius 3 is 2.36 bits per heavy atom. The number of hydrogen-bond donors (Lipinski definition) is 0. The van der Waals surface area contributed by atoms with E-state index in [0.29, 0.717) is 0 Å². The van der Waals surface area contributed by atoms with Crippen LogP contribution in [0.2, 0.25) is 0 Å². The van der Waals surface area contributed by atoms with Crippen molar-refractivity contribution in [2.75, 3.05) is 32.7 Å². The largest absolute Gasteiger partial charge is 0.361 e. The van der Waals surface area contributed by atoms with Crippen LogP contribution in [-0.4, -0.2) is 52.7 Å². The molecule has 0 aromatic carbocycles. The Hall–Kier alpha value is -1.72. The summed E-state index contributed by atoms with van der Waals surface area (Å²) in [6.45, 7) is 10.6. The fourth-order valence-electron chi connectivity index (χ4n) is 2.96. The number of nitrogens with zero attached hydrogens (tertiary/aromatic N) is 4. The van der Waals surface area contributed by atoms with Crippen LogP contribution in [0.25, 0.3) is 0 Å². The maximum Gasteiger partial charge on any atom is 0.138 e. The molecule has 0 amide bonds. The molecule has 3 rings (SSSR count). The van der Waals surface area contributed by atoms with E-state index in [9.17, 15) is 0 Å². The van der Waals surface area contributed by atoms with Gasteiger partial charge in [0.15, 0.2) is 0 Å². The molecule has 3 heterocycles. The molecule has 0 spiro atoms. The van der Waals surface area contributed by atoms with Gasteiger partial charge >= 0.3 is 0 Å². The number of aryl methyl sites for hydroxylation is 2. The minimum Gasteiger partial charge on any atom is -0.361 e. The van der Waals surface area contributed by atoms with Crippen molar-refractivity contribution in [3.8, 4) is 0 Å². The molecule has 0 atom stereocenters. The molecule has 5 heteroatoms. The summed E-state index contributed by atoms with van der Waals surface area (Å²) in [6, 6.07) is 4.21. The predicted molar refractivity (Wildman–Crippen MR) is 85.6 cm³/mol. The summed E-state index contributed by atoms with van der Waals surface area (Å²) in [5.41, 5.74) is 3.65. The Bertz CT molecular complexity index is 568. The molecule has 2 aromatic rings. The Morgan fingerprint density at radius 2 is 1.73 bits per heavy atom. The number of pyridine rings is 1. The lowest BCUT2D eigenvalue weighted by Gasteiger charge is -2.34. The van der Waals surface area contributed by atoms with Crippen LogP contribution >= 0.6 is 0 Å².